The van der Waals surface area contributed by atoms with Crippen LogP contribution in [0.15, 0.2) is 47.4 Å². The zero-order chi connectivity index (χ0) is 21.3. The highest BCUT2D eigenvalue weighted by Crippen LogP contribution is 2.24. The van der Waals surface area contributed by atoms with Crippen LogP contribution in [0.4, 0.5) is 10.1 Å². The zero-order valence-electron chi connectivity index (χ0n) is 17.5. The maximum Gasteiger partial charge on any atom is 0.340 e. The van der Waals surface area contributed by atoms with Crippen LogP contribution in [0.25, 0.3) is 0 Å². The topological polar surface area (TPSA) is 46.6 Å². The van der Waals surface area contributed by atoms with Crippen LogP contribution < -0.4 is 4.31 Å². The van der Waals surface area contributed by atoms with Crippen LogP contribution in [0.5, 0.6) is 0 Å². The number of halogens is 1. The molecule has 0 radical (unpaired) electrons. The monoisotopic (exact) mass is 407 g/mol. The summed E-state index contributed by atoms with van der Waals surface area (Å²) in [6, 6.07) is 11.8. The van der Waals surface area contributed by atoms with Gasteiger partial charge in [0.2, 0.25) is 0 Å². The van der Waals surface area contributed by atoms with E-state index in [4.69, 9.17) is 0 Å². The van der Waals surface area contributed by atoms with E-state index in [0.29, 0.717) is 11.4 Å². The van der Waals surface area contributed by atoms with Crippen LogP contribution >= 0.6 is 0 Å². The zero-order valence-corrected chi connectivity index (χ0v) is 18.3. The number of hydrogen-bond donors (Lipinski definition) is 0. The van der Waals surface area contributed by atoms with Gasteiger partial charge >= 0.3 is 5.97 Å². The second-order valence-corrected chi connectivity index (χ2v) is 7.77. The van der Waals surface area contributed by atoms with Crippen LogP contribution in [-0.2, 0) is 22.1 Å². The number of benzene rings is 2. The van der Waals surface area contributed by atoms with E-state index in [-0.39, 0.29) is 11.5 Å². The van der Waals surface area contributed by atoms with E-state index in [1.165, 1.54) is 24.8 Å². The predicted octanol–water partition coefficient (Wildman–Crippen LogP) is 5.39. The van der Waals surface area contributed by atoms with Gasteiger partial charge in [-0.25, -0.2) is 13.4 Å². The first-order valence-electron chi connectivity index (χ1n) is 9.53. The van der Waals surface area contributed by atoms with Gasteiger partial charge in [0, 0.05) is 12.2 Å². The molecule has 6 heteroatoms. The van der Waals surface area contributed by atoms with Crippen molar-refractivity contribution in [2.75, 3.05) is 18.0 Å². The van der Waals surface area contributed by atoms with Crippen LogP contribution in [0.2, 0.25) is 0 Å². The van der Waals surface area contributed by atoms with Crippen LogP contribution in [0.1, 0.15) is 50.5 Å². The molecule has 1 atom stereocenters. The average molecular weight is 408 g/mol. The summed E-state index contributed by atoms with van der Waals surface area (Å²) in [5, 5.41) is 0. The highest BCUT2D eigenvalue weighted by atomic mass is 32.2. The Morgan fingerprint density at radius 1 is 1.14 bits per heavy atom. The van der Waals surface area contributed by atoms with Gasteiger partial charge in [-0.05, 0) is 48.2 Å². The van der Waals surface area contributed by atoms with Crippen molar-refractivity contribution in [3.05, 3.63) is 59.4 Å². The number of carbonyl (C=O) groups excluding carboxylic acids is 1. The van der Waals surface area contributed by atoms with Gasteiger partial charge in [0.15, 0.2) is 11.0 Å². The van der Waals surface area contributed by atoms with E-state index < -0.39 is 22.8 Å². The summed E-state index contributed by atoms with van der Waals surface area (Å²) in [5.41, 5.74) is 1.79. The quantitative estimate of drug-likeness (QED) is 0.579. The molecule has 0 bridgehead atoms. The third-order valence-corrected chi connectivity index (χ3v) is 5.33. The molecule has 154 valence electrons. The molecule has 0 heterocycles. The molecule has 2 rings (SSSR count). The van der Waals surface area contributed by atoms with E-state index in [1.807, 2.05) is 52.0 Å². The number of carbonyl (C=O) groups is 1. The Morgan fingerprint density at radius 3 is 2.25 bits per heavy atom. The first-order chi connectivity index (χ1) is 13.4. The molecule has 0 aliphatic rings. The smallest absolute Gasteiger partial charge is 0.340 e. The fraction of sp³-hybridized carbons (Fsp3) is 0.409. The van der Waals surface area contributed by atoms with Gasteiger partial charge < -0.3 is 4.74 Å². The fourth-order valence-corrected chi connectivity index (χ4v) is 3.91. The minimum Gasteiger partial charge on any atom is -0.465 e. The highest BCUT2D eigenvalue weighted by molar-refractivity contribution is 7.86. The van der Waals surface area contributed by atoms with Crippen molar-refractivity contribution >= 4 is 22.6 Å². The Kier molecular flexibility index (Phi) is 9.87. The van der Waals surface area contributed by atoms with E-state index in [9.17, 15) is 13.4 Å². The van der Waals surface area contributed by atoms with Gasteiger partial charge in [-0.1, -0.05) is 46.8 Å². The molecule has 0 aliphatic heterocycles. The third kappa shape index (κ3) is 6.16. The molecule has 2 aromatic carbocycles. The fourth-order valence-electron chi connectivity index (χ4n) is 2.51. The second-order valence-electron chi connectivity index (χ2n) is 6.36. The van der Waals surface area contributed by atoms with Gasteiger partial charge in [0.1, 0.15) is 5.82 Å². The molecule has 0 N–H and O–H groups in total. The first-order valence-corrected chi connectivity index (χ1v) is 10.6. The minimum atomic E-state index is -1.58. The largest absolute Gasteiger partial charge is 0.465 e. The van der Waals surface area contributed by atoms with Crippen molar-refractivity contribution in [2.24, 2.45) is 5.92 Å². The minimum absolute atomic E-state index is 0.218. The van der Waals surface area contributed by atoms with E-state index in [1.54, 1.807) is 4.31 Å². The molecule has 0 spiro atoms. The SMILES string of the molecule is CC.CCc1ccc(N(CC(C)C)S(=O)c2ccc(F)c(C(=O)OC)c2)cc1. The van der Waals surface area contributed by atoms with Crippen molar-refractivity contribution < 1.29 is 18.1 Å². The van der Waals surface area contributed by atoms with Crippen LogP contribution in [-0.4, -0.2) is 23.8 Å². The van der Waals surface area contributed by atoms with E-state index in [2.05, 4.69) is 11.7 Å². The normalized spacial score (nSPS) is 11.4. The van der Waals surface area contributed by atoms with E-state index in [0.717, 1.165) is 18.2 Å². The Labute approximate surface area is 170 Å². The lowest BCUT2D eigenvalue weighted by Gasteiger charge is -2.25. The average Bonchev–Trinajstić information content (AvgIpc) is 2.72. The number of nitrogens with zero attached hydrogens (tertiary/aromatic N) is 1. The van der Waals surface area contributed by atoms with Crippen LogP contribution in [0, 0.1) is 11.7 Å². The standard InChI is InChI=1S/C20H24FNO3S.C2H6/c1-5-15-6-8-16(9-7-15)22(13-14(2)3)26(24)17-10-11-19(21)18(12-17)20(23)25-4;1-2/h6-12,14H,5,13H2,1-4H3;1-2H3. The Balaban J connectivity index is 0.00000190. The number of hydrogen-bond acceptors (Lipinski definition) is 3. The summed E-state index contributed by atoms with van der Waals surface area (Å²) in [4.78, 5) is 12.1. The molecule has 0 saturated heterocycles. The van der Waals surface area contributed by atoms with Crippen molar-refractivity contribution in [1.29, 1.82) is 0 Å². The summed E-state index contributed by atoms with van der Waals surface area (Å²) in [7, 11) is -0.393. The van der Waals surface area contributed by atoms with Crippen molar-refractivity contribution in [2.45, 2.75) is 45.9 Å². The lowest BCUT2D eigenvalue weighted by atomic mass is 10.1. The summed E-state index contributed by atoms with van der Waals surface area (Å²) in [5.74, 6) is -1.21. The highest BCUT2D eigenvalue weighted by Gasteiger charge is 2.21. The van der Waals surface area contributed by atoms with Crippen molar-refractivity contribution in [1.82, 2.24) is 0 Å². The molecular weight excluding hydrogens is 377 g/mol. The first kappa shape index (κ1) is 23.8. The van der Waals surface area contributed by atoms with Crippen molar-refractivity contribution in [3.8, 4) is 0 Å². The van der Waals surface area contributed by atoms with Gasteiger partial charge in [0.25, 0.3) is 0 Å². The molecule has 0 fully saturated rings. The lowest BCUT2D eigenvalue weighted by molar-refractivity contribution is 0.0595. The maximum absolute atomic E-state index is 13.9. The molecule has 4 nitrogen and oxygen atoms in total. The molecule has 0 saturated carbocycles. The summed E-state index contributed by atoms with van der Waals surface area (Å²) >= 11 is 0. The van der Waals surface area contributed by atoms with Gasteiger partial charge in [-0.3, -0.25) is 4.31 Å². The number of ether oxygens (including phenoxy) is 1. The molecule has 0 amide bonds. The second kappa shape index (κ2) is 11.6. The summed E-state index contributed by atoms with van der Waals surface area (Å²) in [6.07, 6.45) is 0.925. The Hall–Kier alpha value is -2.21. The number of anilines is 1. The Bertz CT molecular complexity index is 791. The van der Waals surface area contributed by atoms with Crippen molar-refractivity contribution in [3.63, 3.8) is 0 Å². The summed E-state index contributed by atoms with van der Waals surface area (Å²) < 4.78 is 33.4. The number of esters is 1. The number of methoxy groups -OCH3 is 1. The van der Waals surface area contributed by atoms with E-state index >= 15 is 0 Å². The lowest BCUT2D eigenvalue weighted by Crippen LogP contribution is -2.30. The molecule has 28 heavy (non-hydrogen) atoms. The predicted molar refractivity (Wildman–Crippen MR) is 113 cm³/mol. The third-order valence-electron chi connectivity index (χ3n) is 3.91. The molecule has 2 aromatic rings. The molecule has 1 unspecified atom stereocenters. The summed E-state index contributed by atoms with van der Waals surface area (Å²) in [6.45, 7) is 10.7. The maximum atomic E-state index is 13.9. The van der Waals surface area contributed by atoms with Gasteiger partial charge in [-0.15, -0.1) is 0 Å². The van der Waals surface area contributed by atoms with Crippen LogP contribution in [0.3, 0.4) is 0 Å². The molecule has 0 aromatic heterocycles. The Morgan fingerprint density at radius 2 is 1.75 bits per heavy atom. The number of aryl methyl sites for hydroxylation is 1. The van der Waals surface area contributed by atoms with Gasteiger partial charge in [0.05, 0.1) is 17.6 Å². The van der Waals surface area contributed by atoms with Gasteiger partial charge in [-0.2, -0.15) is 0 Å². The molecular formula is C22H30FNO3S. The number of rotatable bonds is 7. The molecule has 0 aliphatic carbocycles.